The first-order chi connectivity index (χ1) is 19.4. The van der Waals surface area contributed by atoms with Gasteiger partial charge in [-0.2, -0.15) is 0 Å². The van der Waals surface area contributed by atoms with Crippen molar-refractivity contribution in [3.8, 4) is 0 Å². The van der Waals surface area contributed by atoms with Crippen LogP contribution in [0, 0.1) is 0 Å². The molecule has 6 amide bonds. The van der Waals surface area contributed by atoms with Gasteiger partial charge in [0, 0.05) is 30.8 Å². The van der Waals surface area contributed by atoms with E-state index in [-0.39, 0.29) is 30.0 Å². The number of carbonyl (C=O) groups excluding carboxylic acids is 7. The Morgan fingerprint density at radius 3 is 2.07 bits per heavy atom. The average Bonchev–Trinajstić information content (AvgIpc) is 3.25. The molecule has 1 aromatic rings. The van der Waals surface area contributed by atoms with Crippen molar-refractivity contribution in [3.05, 3.63) is 47.5 Å². The molecule has 0 aliphatic carbocycles. The van der Waals surface area contributed by atoms with E-state index in [1.165, 1.54) is 18.2 Å². The van der Waals surface area contributed by atoms with Gasteiger partial charge < -0.3 is 31.1 Å². The minimum Gasteiger partial charge on any atom is -0.480 e. The number of hydrogen-bond donors (Lipinski definition) is 5. The molecule has 0 aromatic heterocycles. The maximum absolute atomic E-state index is 12.4. The molecule has 1 aromatic carbocycles. The third kappa shape index (κ3) is 10.9. The summed E-state index contributed by atoms with van der Waals surface area (Å²) in [5.74, 6) is -7.31. The Balaban J connectivity index is 1.73. The number of carbonyl (C=O) groups is 9. The van der Waals surface area contributed by atoms with Crippen molar-refractivity contribution < 1.29 is 53.4 Å². The molecule has 0 radical (unpaired) electrons. The van der Waals surface area contributed by atoms with E-state index in [1.54, 1.807) is 0 Å². The molecule has 1 heterocycles. The topological polar surface area (TPSA) is 237 Å². The van der Waals surface area contributed by atoms with Gasteiger partial charge in [-0.25, -0.2) is 4.79 Å². The van der Waals surface area contributed by atoms with E-state index in [4.69, 9.17) is 10.2 Å². The Bertz CT molecular complexity index is 1280. The summed E-state index contributed by atoms with van der Waals surface area (Å²) in [6.07, 6.45) is 2.14. The summed E-state index contributed by atoms with van der Waals surface area (Å²) in [6.45, 7) is -3.06. The van der Waals surface area contributed by atoms with Gasteiger partial charge in [0.05, 0.1) is 24.4 Å². The number of hydrogen-bond acceptors (Lipinski definition) is 10. The van der Waals surface area contributed by atoms with Crippen LogP contribution in [0.2, 0.25) is 0 Å². The van der Waals surface area contributed by atoms with Crippen LogP contribution >= 0.6 is 11.8 Å². The number of aromatic carboxylic acids is 1. The second-order valence-electron chi connectivity index (χ2n) is 8.17. The van der Waals surface area contributed by atoms with Crippen molar-refractivity contribution in [1.29, 1.82) is 0 Å². The molecule has 218 valence electrons. The first-order valence-electron chi connectivity index (χ1n) is 11.7. The maximum atomic E-state index is 12.4. The van der Waals surface area contributed by atoms with E-state index in [0.29, 0.717) is 16.7 Å². The number of imide groups is 1. The lowest BCUT2D eigenvalue weighted by molar-refractivity contribution is -0.145. The monoisotopic (exact) mass is 591 g/mol. The highest BCUT2D eigenvalue weighted by atomic mass is 32.2. The van der Waals surface area contributed by atoms with Crippen LogP contribution in [0.3, 0.4) is 0 Å². The van der Waals surface area contributed by atoms with Crippen LogP contribution in [0.1, 0.15) is 20.7 Å². The van der Waals surface area contributed by atoms with Crippen molar-refractivity contribution >= 4 is 64.3 Å². The molecule has 2 rings (SSSR count). The van der Waals surface area contributed by atoms with Crippen LogP contribution in [-0.2, 0) is 33.6 Å². The van der Waals surface area contributed by atoms with Crippen molar-refractivity contribution in [2.24, 2.45) is 0 Å². The Morgan fingerprint density at radius 2 is 1.44 bits per heavy atom. The molecular formula is C24H25N5O11S. The number of thioether (sulfide) groups is 1. The van der Waals surface area contributed by atoms with Crippen molar-refractivity contribution in [2.75, 3.05) is 45.0 Å². The molecule has 41 heavy (non-hydrogen) atoms. The smallest absolute Gasteiger partial charge is 0.335 e. The van der Waals surface area contributed by atoms with Crippen LogP contribution in [0.4, 0.5) is 0 Å². The first-order valence-corrected chi connectivity index (χ1v) is 12.7. The van der Waals surface area contributed by atoms with Crippen LogP contribution in [0.5, 0.6) is 0 Å². The molecule has 1 aliphatic heterocycles. The summed E-state index contributed by atoms with van der Waals surface area (Å²) in [4.78, 5) is 107. The predicted molar refractivity (Wildman–Crippen MR) is 139 cm³/mol. The van der Waals surface area contributed by atoms with Crippen LogP contribution in [0.25, 0.3) is 0 Å². The van der Waals surface area contributed by atoms with E-state index in [2.05, 4.69) is 16.0 Å². The Hall–Kier alpha value is -5.06. The highest BCUT2D eigenvalue weighted by molar-refractivity contribution is 8.14. The van der Waals surface area contributed by atoms with Crippen molar-refractivity contribution in [2.45, 2.75) is 0 Å². The number of nitrogens with zero attached hydrogens (tertiary/aromatic N) is 2. The fourth-order valence-electron chi connectivity index (χ4n) is 3.16. The van der Waals surface area contributed by atoms with Crippen molar-refractivity contribution in [3.63, 3.8) is 0 Å². The van der Waals surface area contributed by atoms with Crippen LogP contribution < -0.4 is 16.0 Å². The van der Waals surface area contributed by atoms with Crippen LogP contribution in [-0.4, -0.2) is 118 Å². The van der Waals surface area contributed by atoms with Gasteiger partial charge >= 0.3 is 11.9 Å². The third-order valence-corrected chi connectivity index (χ3v) is 6.04. The molecule has 0 unspecified atom stereocenters. The molecule has 0 spiro atoms. The van der Waals surface area contributed by atoms with Gasteiger partial charge in [-0.1, -0.05) is 23.9 Å². The zero-order valence-corrected chi connectivity index (χ0v) is 22.1. The Morgan fingerprint density at radius 1 is 0.805 bits per heavy atom. The largest absolute Gasteiger partial charge is 0.480 e. The molecule has 0 fully saturated rings. The fourth-order valence-corrected chi connectivity index (χ4v) is 3.81. The number of benzene rings is 1. The molecule has 5 N–H and O–H groups in total. The number of carboxylic acid groups (broad SMARTS) is 2. The zero-order chi connectivity index (χ0) is 30.5. The summed E-state index contributed by atoms with van der Waals surface area (Å²) in [5, 5.41) is 24.2. The van der Waals surface area contributed by atoms with Gasteiger partial charge in [-0.05, 0) is 12.1 Å². The van der Waals surface area contributed by atoms with E-state index in [1.807, 2.05) is 0 Å². The number of aliphatic carboxylic acids is 1. The molecule has 1 aliphatic rings. The molecule has 0 atom stereocenters. The van der Waals surface area contributed by atoms with E-state index in [0.717, 1.165) is 23.1 Å². The minimum atomic E-state index is -1.43. The predicted octanol–water partition coefficient (Wildman–Crippen LogP) is -2.55. The SMILES string of the molecule is O=C(O)CN(CC(=O)NCCN1C(=O)C=CC1=O)C(=O)CNC(=O)CNC(=O)CSC(=O)c1cccc(C(=O)O)c1. The third-order valence-electron chi connectivity index (χ3n) is 5.13. The maximum Gasteiger partial charge on any atom is 0.335 e. The zero-order valence-electron chi connectivity index (χ0n) is 21.3. The quantitative estimate of drug-likeness (QED) is 0.133. The normalized spacial score (nSPS) is 12.0. The minimum absolute atomic E-state index is 0.0765. The fraction of sp³-hybridized carbons (Fsp3) is 0.292. The Kier molecular flexibility index (Phi) is 12.2. The summed E-state index contributed by atoms with van der Waals surface area (Å²) < 4.78 is 0. The van der Waals surface area contributed by atoms with Gasteiger partial charge in [0.2, 0.25) is 28.7 Å². The van der Waals surface area contributed by atoms with E-state index >= 15 is 0 Å². The lowest BCUT2D eigenvalue weighted by atomic mass is 10.1. The molecular weight excluding hydrogens is 566 g/mol. The van der Waals surface area contributed by atoms with Crippen molar-refractivity contribution in [1.82, 2.24) is 25.8 Å². The number of amides is 6. The number of nitrogens with one attached hydrogen (secondary N) is 3. The van der Waals surface area contributed by atoms with Gasteiger partial charge in [-0.15, -0.1) is 0 Å². The molecule has 0 saturated heterocycles. The van der Waals surface area contributed by atoms with Gasteiger partial charge in [0.25, 0.3) is 11.8 Å². The number of carboxylic acids is 2. The first kappa shape index (κ1) is 32.2. The second-order valence-corrected chi connectivity index (χ2v) is 9.12. The summed E-state index contributed by atoms with van der Waals surface area (Å²) in [5.41, 5.74) is -0.0204. The average molecular weight is 592 g/mol. The summed E-state index contributed by atoms with van der Waals surface area (Å²) in [6, 6.07) is 5.23. The van der Waals surface area contributed by atoms with Gasteiger partial charge in [0.15, 0.2) is 0 Å². The van der Waals surface area contributed by atoms with Crippen LogP contribution in [0.15, 0.2) is 36.4 Å². The second kappa shape index (κ2) is 15.5. The lowest BCUT2D eigenvalue weighted by Crippen LogP contribution is -2.49. The van der Waals surface area contributed by atoms with Gasteiger partial charge in [0.1, 0.15) is 13.1 Å². The molecule has 0 bridgehead atoms. The van der Waals surface area contributed by atoms with E-state index in [9.17, 15) is 43.2 Å². The summed E-state index contributed by atoms with van der Waals surface area (Å²) >= 11 is 0.587. The molecule has 16 nitrogen and oxygen atoms in total. The molecule has 0 saturated carbocycles. The Labute approximate surface area is 236 Å². The number of rotatable bonds is 15. The molecule has 17 heteroatoms. The summed E-state index contributed by atoms with van der Waals surface area (Å²) in [7, 11) is 0. The lowest BCUT2D eigenvalue weighted by Gasteiger charge is -2.21. The van der Waals surface area contributed by atoms with Gasteiger partial charge in [-0.3, -0.25) is 43.3 Å². The highest BCUT2D eigenvalue weighted by Gasteiger charge is 2.24. The van der Waals surface area contributed by atoms with E-state index < -0.39 is 78.7 Å². The standard InChI is InChI=1S/C24H25N5O11S/c30-16(9-26-18(32)13-41-24(40)15-3-1-2-14(8-15)23(38)39)27-10-21(35)28(12-22(36)37)11-17(31)25-6-7-29-19(33)4-5-20(29)34/h1-5,8H,6-7,9-13H2,(H,25,31)(H,26,32)(H,27,30)(H,36,37)(H,38,39). The highest BCUT2D eigenvalue weighted by Crippen LogP contribution is 2.14.